The molecule has 2 aromatic heterocycles. The predicted octanol–water partition coefficient (Wildman–Crippen LogP) is 2.07. The molecule has 2 heterocycles. The molecule has 2 N–H and O–H groups in total. The van der Waals surface area contributed by atoms with Crippen molar-refractivity contribution in [1.82, 2.24) is 9.97 Å². The van der Waals surface area contributed by atoms with Crippen LogP contribution in [0, 0.1) is 6.92 Å². The van der Waals surface area contributed by atoms with Gasteiger partial charge in [-0.25, -0.2) is 9.78 Å². The molecular weight excluding hydrogens is 252 g/mol. The van der Waals surface area contributed by atoms with Gasteiger partial charge < -0.3 is 10.1 Å². The van der Waals surface area contributed by atoms with Gasteiger partial charge in [-0.1, -0.05) is 6.92 Å². The predicted molar refractivity (Wildman–Crippen MR) is 69.2 cm³/mol. The van der Waals surface area contributed by atoms with Crippen molar-refractivity contribution >= 4 is 17.3 Å². The first-order chi connectivity index (χ1) is 8.52. The number of thiophene rings is 1. The zero-order chi connectivity index (χ0) is 13.3. The number of aromatic nitrogens is 2. The van der Waals surface area contributed by atoms with E-state index in [1.165, 1.54) is 23.1 Å². The van der Waals surface area contributed by atoms with E-state index >= 15 is 0 Å². The van der Waals surface area contributed by atoms with Crippen LogP contribution in [0.2, 0.25) is 0 Å². The second-order valence-electron chi connectivity index (χ2n) is 3.80. The Morgan fingerprint density at radius 1 is 1.50 bits per heavy atom. The fourth-order valence-corrected chi connectivity index (χ4v) is 2.54. The number of hydrogen-bond donors (Lipinski definition) is 2. The third-order valence-electron chi connectivity index (χ3n) is 2.56. The molecule has 0 fully saturated rings. The molecule has 0 atom stereocenters. The van der Waals surface area contributed by atoms with Crippen LogP contribution in [0.5, 0.6) is 0 Å². The molecule has 94 valence electrons. The third-order valence-corrected chi connectivity index (χ3v) is 3.79. The zero-order valence-electron chi connectivity index (χ0n) is 9.98. The molecular formula is C12H12N2O3S. The lowest BCUT2D eigenvalue weighted by molar-refractivity contribution is 0.0693. The second kappa shape index (κ2) is 4.73. The first kappa shape index (κ1) is 12.5. The van der Waals surface area contributed by atoms with Crippen molar-refractivity contribution in [2.45, 2.75) is 20.3 Å². The number of nitrogens with zero attached hydrogens (tertiary/aromatic N) is 1. The van der Waals surface area contributed by atoms with Crippen LogP contribution in [0.25, 0.3) is 10.7 Å². The van der Waals surface area contributed by atoms with Gasteiger partial charge in [-0.3, -0.25) is 4.79 Å². The van der Waals surface area contributed by atoms with E-state index in [0.29, 0.717) is 5.82 Å². The highest BCUT2D eigenvalue weighted by atomic mass is 32.1. The Hall–Kier alpha value is -1.95. The average molecular weight is 264 g/mol. The maximum absolute atomic E-state index is 11.7. The van der Waals surface area contributed by atoms with Gasteiger partial charge >= 0.3 is 5.97 Å². The van der Waals surface area contributed by atoms with E-state index in [9.17, 15) is 9.59 Å². The van der Waals surface area contributed by atoms with Gasteiger partial charge in [0.1, 0.15) is 5.56 Å². The van der Waals surface area contributed by atoms with Crippen LogP contribution >= 0.6 is 11.3 Å². The SMILES string of the molecule is CCc1ccc(-c2nc(C)c(C(=O)O)c(=O)[nH]2)s1. The summed E-state index contributed by atoms with van der Waals surface area (Å²) in [6, 6.07) is 3.85. The van der Waals surface area contributed by atoms with E-state index in [1.807, 2.05) is 19.1 Å². The van der Waals surface area contributed by atoms with E-state index in [4.69, 9.17) is 5.11 Å². The Morgan fingerprint density at radius 3 is 2.72 bits per heavy atom. The van der Waals surface area contributed by atoms with Crippen molar-refractivity contribution in [3.05, 3.63) is 38.6 Å². The number of carboxylic acid groups (broad SMARTS) is 1. The minimum Gasteiger partial charge on any atom is -0.477 e. The quantitative estimate of drug-likeness (QED) is 0.889. The summed E-state index contributed by atoms with van der Waals surface area (Å²) in [5.74, 6) is -0.833. The van der Waals surface area contributed by atoms with E-state index < -0.39 is 11.5 Å². The molecule has 0 bridgehead atoms. The fraction of sp³-hybridized carbons (Fsp3) is 0.250. The van der Waals surface area contributed by atoms with Crippen molar-refractivity contribution in [2.75, 3.05) is 0 Å². The van der Waals surface area contributed by atoms with Gasteiger partial charge in [0, 0.05) is 4.88 Å². The molecule has 0 aliphatic rings. The molecule has 0 amide bonds. The molecule has 0 aliphatic carbocycles. The first-order valence-electron chi connectivity index (χ1n) is 5.46. The molecule has 0 aromatic carbocycles. The Balaban J connectivity index is 2.54. The highest BCUT2D eigenvalue weighted by Gasteiger charge is 2.16. The molecule has 0 saturated heterocycles. The summed E-state index contributed by atoms with van der Waals surface area (Å²) in [7, 11) is 0. The number of carboxylic acids is 1. The lowest BCUT2D eigenvalue weighted by Crippen LogP contribution is -2.21. The third kappa shape index (κ3) is 2.19. The number of rotatable bonds is 3. The van der Waals surface area contributed by atoms with E-state index in [-0.39, 0.29) is 11.3 Å². The van der Waals surface area contributed by atoms with Crippen molar-refractivity contribution in [2.24, 2.45) is 0 Å². The van der Waals surface area contributed by atoms with Crippen molar-refractivity contribution in [3.63, 3.8) is 0 Å². The maximum Gasteiger partial charge on any atom is 0.343 e. The summed E-state index contributed by atoms with van der Waals surface area (Å²) in [6.45, 7) is 3.57. The average Bonchev–Trinajstić information content (AvgIpc) is 2.75. The summed E-state index contributed by atoms with van der Waals surface area (Å²) in [5, 5.41) is 8.89. The number of aromatic carboxylic acids is 1. The van der Waals surface area contributed by atoms with Crippen LogP contribution in [-0.4, -0.2) is 21.0 Å². The molecule has 2 rings (SSSR count). The highest BCUT2D eigenvalue weighted by Crippen LogP contribution is 2.25. The number of carbonyl (C=O) groups is 1. The molecule has 0 spiro atoms. The molecule has 6 heteroatoms. The van der Waals surface area contributed by atoms with Gasteiger partial charge in [-0.05, 0) is 25.5 Å². The highest BCUT2D eigenvalue weighted by molar-refractivity contribution is 7.15. The van der Waals surface area contributed by atoms with Gasteiger partial charge in [0.2, 0.25) is 0 Å². The summed E-state index contributed by atoms with van der Waals surface area (Å²) >= 11 is 1.54. The lowest BCUT2D eigenvalue weighted by atomic mass is 10.2. The van der Waals surface area contributed by atoms with Crippen LogP contribution in [0.3, 0.4) is 0 Å². The van der Waals surface area contributed by atoms with Crippen LogP contribution < -0.4 is 5.56 Å². The molecule has 0 radical (unpaired) electrons. The van der Waals surface area contributed by atoms with E-state index in [0.717, 1.165) is 11.3 Å². The summed E-state index contributed by atoms with van der Waals surface area (Å²) in [4.78, 5) is 31.3. The largest absolute Gasteiger partial charge is 0.477 e. The normalized spacial score (nSPS) is 10.6. The first-order valence-corrected chi connectivity index (χ1v) is 6.28. The number of aryl methyl sites for hydroxylation is 2. The smallest absolute Gasteiger partial charge is 0.343 e. The van der Waals surface area contributed by atoms with Gasteiger partial charge in [-0.2, -0.15) is 0 Å². The summed E-state index contributed by atoms with van der Waals surface area (Å²) in [6.07, 6.45) is 0.918. The summed E-state index contributed by atoms with van der Waals surface area (Å²) < 4.78 is 0. The minimum absolute atomic E-state index is 0.229. The monoisotopic (exact) mass is 264 g/mol. The molecule has 0 unspecified atom stereocenters. The van der Waals surface area contributed by atoms with E-state index in [1.54, 1.807) is 0 Å². The van der Waals surface area contributed by atoms with Crippen molar-refractivity contribution in [3.8, 4) is 10.7 Å². The Kier molecular flexibility index (Phi) is 3.29. The summed E-state index contributed by atoms with van der Waals surface area (Å²) in [5.41, 5.74) is -0.685. The molecule has 0 aliphatic heterocycles. The Bertz CT molecular complexity index is 658. The van der Waals surface area contributed by atoms with Crippen molar-refractivity contribution in [1.29, 1.82) is 0 Å². The Morgan fingerprint density at radius 2 is 2.22 bits per heavy atom. The second-order valence-corrected chi connectivity index (χ2v) is 4.97. The van der Waals surface area contributed by atoms with Gasteiger partial charge in [-0.15, -0.1) is 11.3 Å². The molecule has 0 saturated carbocycles. The topological polar surface area (TPSA) is 83.0 Å². The standard InChI is InChI=1S/C12H12N2O3S/c1-3-7-4-5-8(18-7)10-13-6(2)9(12(16)17)11(15)14-10/h4-5H,3H2,1-2H3,(H,16,17)(H,13,14,15). The van der Waals surface area contributed by atoms with Gasteiger partial charge in [0.25, 0.3) is 5.56 Å². The fourth-order valence-electron chi connectivity index (χ4n) is 1.65. The molecule has 2 aromatic rings. The maximum atomic E-state index is 11.7. The minimum atomic E-state index is -1.26. The van der Waals surface area contributed by atoms with Crippen LogP contribution in [-0.2, 0) is 6.42 Å². The van der Waals surface area contributed by atoms with Crippen LogP contribution in [0.4, 0.5) is 0 Å². The Labute approximate surface area is 107 Å². The molecule has 5 nitrogen and oxygen atoms in total. The van der Waals surface area contributed by atoms with Crippen LogP contribution in [0.1, 0.15) is 27.9 Å². The van der Waals surface area contributed by atoms with Crippen LogP contribution in [0.15, 0.2) is 16.9 Å². The lowest BCUT2D eigenvalue weighted by Gasteiger charge is -2.02. The zero-order valence-corrected chi connectivity index (χ0v) is 10.8. The van der Waals surface area contributed by atoms with E-state index in [2.05, 4.69) is 9.97 Å². The van der Waals surface area contributed by atoms with Gasteiger partial charge in [0.15, 0.2) is 5.82 Å². The number of H-pyrrole nitrogens is 1. The van der Waals surface area contributed by atoms with Gasteiger partial charge in [0.05, 0.1) is 10.6 Å². The number of hydrogen-bond acceptors (Lipinski definition) is 4. The number of aromatic amines is 1. The number of nitrogens with one attached hydrogen (secondary N) is 1. The molecule has 18 heavy (non-hydrogen) atoms. The van der Waals surface area contributed by atoms with Crippen molar-refractivity contribution < 1.29 is 9.90 Å².